The Morgan fingerprint density at radius 1 is 1.23 bits per heavy atom. The fraction of sp³-hybridized carbons (Fsp3) is 0.333. The standard InChI is InChI=1S/C9H12N.2BrH.Sb/c1-10(2)8-9-6-4-3-5-7-9;;;/h3-6H,8H2,1-2H3;2*1H;/p-2. The molecular formula is C9H12Br2NSb-2. The fourth-order valence-corrected chi connectivity index (χ4v) is 0.870. The number of benzene rings is 1. The summed E-state index contributed by atoms with van der Waals surface area (Å²) in [5.74, 6) is 0. The molecule has 0 aliphatic carbocycles. The Hall–Kier alpha value is 0.958. The van der Waals surface area contributed by atoms with Gasteiger partial charge in [-0.15, -0.1) is 0 Å². The van der Waals surface area contributed by atoms with Gasteiger partial charge in [0.25, 0.3) is 0 Å². The second kappa shape index (κ2) is 11.0. The summed E-state index contributed by atoms with van der Waals surface area (Å²) >= 11 is 0. The van der Waals surface area contributed by atoms with Crippen molar-refractivity contribution in [3.05, 3.63) is 35.9 Å². The Kier molecular flexibility index (Phi) is 16.6. The number of rotatable bonds is 2. The van der Waals surface area contributed by atoms with Crippen molar-refractivity contribution in [1.29, 1.82) is 0 Å². The molecule has 1 rings (SSSR count). The predicted octanol–water partition coefficient (Wildman–Crippen LogP) is -4.82. The molecule has 0 bridgehead atoms. The molecule has 0 aliphatic rings. The van der Waals surface area contributed by atoms with E-state index < -0.39 is 0 Å². The van der Waals surface area contributed by atoms with Gasteiger partial charge >= 0.3 is 0 Å². The van der Waals surface area contributed by atoms with Gasteiger partial charge in [-0.2, -0.15) is 0 Å². The molecule has 0 N–H and O–H groups in total. The van der Waals surface area contributed by atoms with Crippen LogP contribution >= 0.6 is 0 Å². The number of hydrogen-bond donors (Lipinski definition) is 0. The van der Waals surface area contributed by atoms with Gasteiger partial charge in [0.1, 0.15) is 0 Å². The van der Waals surface area contributed by atoms with Crippen molar-refractivity contribution in [3.8, 4) is 0 Å². The molecule has 0 fully saturated rings. The minimum Gasteiger partial charge on any atom is -1.00 e. The van der Waals surface area contributed by atoms with Gasteiger partial charge in [-0.05, 0) is 25.7 Å². The third kappa shape index (κ3) is 9.27. The Morgan fingerprint density at radius 2 is 1.85 bits per heavy atom. The summed E-state index contributed by atoms with van der Waals surface area (Å²) in [4.78, 5) is 2.13. The van der Waals surface area contributed by atoms with Crippen LogP contribution in [0.3, 0.4) is 0 Å². The topological polar surface area (TPSA) is 3.24 Å². The van der Waals surface area contributed by atoms with Crippen LogP contribution in [0.2, 0.25) is 0 Å². The van der Waals surface area contributed by atoms with Gasteiger partial charge in [-0.1, -0.05) is 24.3 Å². The van der Waals surface area contributed by atoms with Gasteiger partial charge in [-0.25, -0.2) is 0 Å². The first-order chi connectivity index (χ1) is 4.79. The van der Waals surface area contributed by atoms with Crippen molar-refractivity contribution in [1.82, 2.24) is 4.90 Å². The molecule has 0 unspecified atom stereocenters. The summed E-state index contributed by atoms with van der Waals surface area (Å²) in [6.07, 6.45) is 0. The third-order valence-corrected chi connectivity index (χ3v) is 1.26. The molecule has 0 spiro atoms. The van der Waals surface area contributed by atoms with Gasteiger partial charge in [0.05, 0.1) is 0 Å². The van der Waals surface area contributed by atoms with E-state index in [1.807, 2.05) is 18.2 Å². The van der Waals surface area contributed by atoms with Gasteiger partial charge in [0, 0.05) is 31.0 Å². The van der Waals surface area contributed by atoms with Crippen molar-refractivity contribution >= 4 is 24.4 Å². The van der Waals surface area contributed by atoms with E-state index in [0.29, 0.717) is 0 Å². The van der Waals surface area contributed by atoms with E-state index in [4.69, 9.17) is 0 Å². The smallest absolute Gasteiger partial charge is 0.0233 e. The monoisotopic (exact) mass is 413 g/mol. The molecule has 0 aromatic heterocycles. The zero-order valence-electron chi connectivity index (χ0n) is 7.67. The van der Waals surface area contributed by atoms with Crippen molar-refractivity contribution in [3.63, 3.8) is 0 Å². The second-order valence-electron chi connectivity index (χ2n) is 2.63. The molecule has 0 heterocycles. The van der Waals surface area contributed by atoms with Crippen LogP contribution in [0.15, 0.2) is 24.3 Å². The summed E-state index contributed by atoms with van der Waals surface area (Å²) in [5.41, 5.74) is 1.24. The van der Waals surface area contributed by atoms with E-state index in [0.717, 1.165) is 6.54 Å². The fourth-order valence-electron chi connectivity index (χ4n) is 0.870. The first kappa shape index (κ1) is 19.5. The summed E-state index contributed by atoms with van der Waals surface area (Å²) < 4.78 is 0. The van der Waals surface area contributed by atoms with E-state index in [1.165, 1.54) is 5.56 Å². The summed E-state index contributed by atoms with van der Waals surface area (Å²) in [6.45, 7) is 0.973. The van der Waals surface area contributed by atoms with Crippen LogP contribution in [0, 0.1) is 6.07 Å². The molecule has 4 radical (unpaired) electrons. The van der Waals surface area contributed by atoms with E-state index in [-0.39, 0.29) is 58.4 Å². The van der Waals surface area contributed by atoms with Gasteiger partial charge in [0.15, 0.2) is 0 Å². The van der Waals surface area contributed by atoms with Crippen LogP contribution in [-0.4, -0.2) is 43.4 Å². The summed E-state index contributed by atoms with van der Waals surface area (Å²) in [6, 6.07) is 11.2. The molecule has 1 aromatic carbocycles. The molecule has 74 valence electrons. The molecule has 1 nitrogen and oxygen atoms in total. The minimum atomic E-state index is 0. The van der Waals surface area contributed by atoms with Gasteiger partial charge in [-0.3, -0.25) is 0 Å². The first-order valence-corrected chi connectivity index (χ1v) is 3.39. The van der Waals surface area contributed by atoms with Crippen molar-refractivity contribution < 1.29 is 34.0 Å². The van der Waals surface area contributed by atoms with Crippen LogP contribution in [0.25, 0.3) is 0 Å². The van der Waals surface area contributed by atoms with Crippen LogP contribution in [0.5, 0.6) is 0 Å². The number of hydrogen-bond acceptors (Lipinski definition) is 1. The van der Waals surface area contributed by atoms with Crippen molar-refractivity contribution in [2.24, 2.45) is 0 Å². The van der Waals surface area contributed by atoms with Crippen LogP contribution < -0.4 is 34.0 Å². The SMILES string of the molecule is CN(C)Cc1[c]cccc1.[Br-].[Br-].[Sb]. The number of nitrogens with zero attached hydrogens (tertiary/aromatic N) is 1. The van der Waals surface area contributed by atoms with E-state index in [1.54, 1.807) is 0 Å². The molecular weight excluding hydrogens is 404 g/mol. The van der Waals surface area contributed by atoms with E-state index >= 15 is 0 Å². The van der Waals surface area contributed by atoms with Crippen LogP contribution in [0.4, 0.5) is 0 Å². The first-order valence-electron chi connectivity index (χ1n) is 3.39. The van der Waals surface area contributed by atoms with Gasteiger partial charge in [0.2, 0.25) is 0 Å². The maximum absolute atomic E-state index is 3.16. The second-order valence-corrected chi connectivity index (χ2v) is 2.63. The largest absolute Gasteiger partial charge is 1.00 e. The Labute approximate surface area is 119 Å². The normalized spacial score (nSPS) is 7.92. The zero-order chi connectivity index (χ0) is 7.40. The average Bonchev–Trinajstić information content (AvgIpc) is 1.88. The average molecular weight is 416 g/mol. The van der Waals surface area contributed by atoms with Crippen LogP contribution in [-0.2, 0) is 6.54 Å². The maximum Gasteiger partial charge on any atom is 0.0233 e. The molecule has 0 amide bonds. The molecule has 1 aromatic rings. The molecule has 0 aliphatic heterocycles. The Bertz CT molecular complexity index is 192. The maximum atomic E-state index is 3.16. The van der Waals surface area contributed by atoms with Crippen molar-refractivity contribution in [2.45, 2.75) is 6.54 Å². The Balaban J connectivity index is -0.000000333. The molecule has 13 heavy (non-hydrogen) atoms. The number of halogens is 2. The predicted molar refractivity (Wildman–Crippen MR) is 48.4 cm³/mol. The molecule has 0 saturated heterocycles. The van der Waals surface area contributed by atoms with E-state index in [9.17, 15) is 0 Å². The molecule has 4 heteroatoms. The summed E-state index contributed by atoms with van der Waals surface area (Å²) in [5, 5.41) is 0. The van der Waals surface area contributed by atoms with Crippen LogP contribution in [0.1, 0.15) is 5.56 Å². The molecule has 0 saturated carbocycles. The van der Waals surface area contributed by atoms with Crippen molar-refractivity contribution in [2.75, 3.05) is 14.1 Å². The summed E-state index contributed by atoms with van der Waals surface area (Å²) in [7, 11) is 4.11. The van der Waals surface area contributed by atoms with Gasteiger partial charge < -0.3 is 38.9 Å². The zero-order valence-corrected chi connectivity index (χ0v) is 13.4. The minimum absolute atomic E-state index is 0. The van der Waals surface area contributed by atoms with E-state index in [2.05, 4.69) is 31.1 Å². The third-order valence-electron chi connectivity index (χ3n) is 1.26. The molecule has 0 atom stereocenters. The Morgan fingerprint density at radius 3 is 2.23 bits per heavy atom. The quantitative estimate of drug-likeness (QED) is 0.438.